The van der Waals surface area contributed by atoms with Crippen LogP contribution < -0.4 is 34.3 Å². The average Bonchev–Trinajstić information content (AvgIpc) is 2.55. The number of ether oxygens (including phenoxy) is 1. The number of benzene rings is 1. The van der Waals surface area contributed by atoms with Crippen molar-refractivity contribution in [3.05, 3.63) is 29.3 Å². The quantitative estimate of drug-likeness (QED) is 0.292. The van der Waals surface area contributed by atoms with Crippen molar-refractivity contribution in [3.8, 4) is 5.75 Å². The molecular weight excluding hydrogens is 359 g/mol. The molecule has 1 rings (SSSR count). The second kappa shape index (κ2) is 14.0. The number of hydrogen-bond acceptors (Lipinski definition) is 4. The molecule has 0 aromatic heterocycles. The van der Waals surface area contributed by atoms with Gasteiger partial charge in [0.1, 0.15) is 5.75 Å². The Kier molecular flexibility index (Phi) is 14.0. The molecule has 1 aromatic carbocycles. The minimum Gasteiger partial charge on any atom is -0.748 e. The van der Waals surface area contributed by atoms with Gasteiger partial charge >= 0.3 is 29.6 Å². The van der Waals surface area contributed by atoms with Gasteiger partial charge in [-0.2, -0.15) is 0 Å². The monoisotopic (exact) mass is 392 g/mol. The number of aryl methyl sites for hydroxylation is 2. The first-order chi connectivity index (χ1) is 11.9. The van der Waals surface area contributed by atoms with E-state index in [1.807, 2.05) is 13.0 Å². The largest absolute Gasteiger partial charge is 1.00 e. The predicted octanol–water partition coefficient (Wildman–Crippen LogP) is 1.86. The van der Waals surface area contributed by atoms with Crippen LogP contribution in [0, 0.1) is 0 Å². The van der Waals surface area contributed by atoms with E-state index in [2.05, 4.69) is 26.0 Å². The van der Waals surface area contributed by atoms with E-state index in [1.165, 1.54) is 43.2 Å². The maximum Gasteiger partial charge on any atom is 1.00 e. The van der Waals surface area contributed by atoms with E-state index in [0.717, 1.165) is 25.0 Å². The Morgan fingerprint density at radius 1 is 1.04 bits per heavy atom. The van der Waals surface area contributed by atoms with Crippen LogP contribution in [0.4, 0.5) is 0 Å². The van der Waals surface area contributed by atoms with Crippen molar-refractivity contribution in [1.82, 2.24) is 0 Å². The van der Waals surface area contributed by atoms with Crippen molar-refractivity contribution >= 4 is 10.1 Å². The second-order valence-electron chi connectivity index (χ2n) is 6.84. The predicted molar refractivity (Wildman–Crippen MR) is 102 cm³/mol. The van der Waals surface area contributed by atoms with E-state index < -0.39 is 10.1 Å². The van der Waals surface area contributed by atoms with E-state index in [0.29, 0.717) is 0 Å². The fourth-order valence-electron chi connectivity index (χ4n) is 2.83. The number of hydrogen-bond donors (Lipinski definition) is 0. The van der Waals surface area contributed by atoms with Gasteiger partial charge in [-0.25, -0.2) is 8.42 Å². The molecule has 0 N–H and O–H groups in total. The Morgan fingerprint density at radius 3 is 2.23 bits per heavy atom. The molecule has 6 heteroatoms. The summed E-state index contributed by atoms with van der Waals surface area (Å²) in [6, 6.07) is 6.34. The summed E-state index contributed by atoms with van der Waals surface area (Å²) in [6.07, 6.45) is 9.11. The van der Waals surface area contributed by atoms with Crippen molar-refractivity contribution in [2.75, 3.05) is 5.75 Å². The molecule has 1 aromatic rings. The van der Waals surface area contributed by atoms with E-state index >= 15 is 0 Å². The number of unbranched alkanes of at least 4 members (excludes halogenated alkanes) is 4. The van der Waals surface area contributed by atoms with Crippen LogP contribution in [0.15, 0.2) is 18.2 Å². The Hall–Kier alpha value is -0.0700. The fraction of sp³-hybridized carbons (Fsp3) is 0.700. The van der Waals surface area contributed by atoms with Gasteiger partial charge in [-0.05, 0) is 56.2 Å². The molecular formula is C20H33NaO4S. The molecule has 0 saturated carbocycles. The van der Waals surface area contributed by atoms with Crippen LogP contribution >= 0.6 is 0 Å². The molecule has 0 aliphatic carbocycles. The van der Waals surface area contributed by atoms with Crippen molar-refractivity contribution in [1.29, 1.82) is 0 Å². The summed E-state index contributed by atoms with van der Waals surface area (Å²) in [5, 5.41) is 0. The third kappa shape index (κ3) is 11.6. The molecule has 0 saturated heterocycles. The summed E-state index contributed by atoms with van der Waals surface area (Å²) in [7, 11) is -4.19. The van der Waals surface area contributed by atoms with Crippen LogP contribution in [0.3, 0.4) is 0 Å². The molecule has 0 heterocycles. The normalized spacial score (nSPS) is 12.5. The van der Waals surface area contributed by atoms with Crippen molar-refractivity contribution in [2.45, 2.75) is 84.7 Å². The van der Waals surface area contributed by atoms with Gasteiger partial charge in [0, 0.05) is 5.75 Å². The molecule has 4 nitrogen and oxygen atoms in total. The third-order valence-corrected chi connectivity index (χ3v) is 5.08. The van der Waals surface area contributed by atoms with E-state index in [9.17, 15) is 13.0 Å². The zero-order valence-electron chi connectivity index (χ0n) is 16.9. The van der Waals surface area contributed by atoms with Crippen LogP contribution in [-0.2, 0) is 23.0 Å². The summed E-state index contributed by atoms with van der Waals surface area (Å²) in [4.78, 5) is 0. The summed E-state index contributed by atoms with van der Waals surface area (Å²) >= 11 is 0. The van der Waals surface area contributed by atoms with Gasteiger partial charge in [0.15, 0.2) is 0 Å². The standard InChI is InChI=1S/C20H34O4S.Na/c1-4-6-8-10-18-12-13-20(19(16-18)11-9-7-5-2)24-17(3)14-15-25(21,22)23;/h12-13,16-17H,4-11,14-15H2,1-3H3,(H,21,22,23);/q;+1/p-1. The zero-order chi connectivity index (χ0) is 18.7. The fourth-order valence-corrected chi connectivity index (χ4v) is 3.45. The maximum absolute atomic E-state index is 10.8. The summed E-state index contributed by atoms with van der Waals surface area (Å²) in [5.41, 5.74) is 2.53. The van der Waals surface area contributed by atoms with E-state index in [-0.39, 0.29) is 47.8 Å². The van der Waals surface area contributed by atoms with Crippen molar-refractivity contribution in [3.63, 3.8) is 0 Å². The minimum atomic E-state index is -4.19. The molecule has 0 amide bonds. The van der Waals surface area contributed by atoms with Gasteiger partial charge in [0.25, 0.3) is 0 Å². The van der Waals surface area contributed by atoms with Gasteiger partial charge in [-0.3, -0.25) is 0 Å². The van der Waals surface area contributed by atoms with Gasteiger partial charge in [0.2, 0.25) is 0 Å². The van der Waals surface area contributed by atoms with Gasteiger partial charge < -0.3 is 9.29 Å². The third-order valence-electron chi connectivity index (χ3n) is 4.35. The average molecular weight is 393 g/mol. The van der Waals surface area contributed by atoms with Crippen molar-refractivity contribution in [2.24, 2.45) is 0 Å². The molecule has 0 bridgehead atoms. The maximum atomic E-state index is 10.8. The Balaban J connectivity index is 0.00000625. The molecule has 1 atom stereocenters. The SMILES string of the molecule is CCCCCc1ccc(OC(C)CCS(=O)(=O)[O-])c(CCCCC)c1.[Na+]. The molecule has 1 unspecified atom stereocenters. The summed E-state index contributed by atoms with van der Waals surface area (Å²) in [5.74, 6) is 0.445. The molecule has 26 heavy (non-hydrogen) atoms. The van der Waals surface area contributed by atoms with Crippen LogP contribution in [-0.4, -0.2) is 24.8 Å². The smallest absolute Gasteiger partial charge is 0.748 e. The topological polar surface area (TPSA) is 66.4 Å². The molecule has 144 valence electrons. The zero-order valence-corrected chi connectivity index (χ0v) is 19.7. The van der Waals surface area contributed by atoms with Gasteiger partial charge in [-0.15, -0.1) is 0 Å². The molecule has 0 radical (unpaired) electrons. The van der Waals surface area contributed by atoms with E-state index in [4.69, 9.17) is 4.74 Å². The molecule has 0 fully saturated rings. The minimum absolute atomic E-state index is 0. The molecule has 0 spiro atoms. The first-order valence-electron chi connectivity index (χ1n) is 9.57. The summed E-state index contributed by atoms with van der Waals surface area (Å²) in [6.45, 7) is 6.21. The summed E-state index contributed by atoms with van der Waals surface area (Å²) < 4.78 is 38.3. The van der Waals surface area contributed by atoms with Crippen LogP contribution in [0.2, 0.25) is 0 Å². The van der Waals surface area contributed by atoms with Crippen LogP contribution in [0.25, 0.3) is 0 Å². The van der Waals surface area contributed by atoms with Crippen LogP contribution in [0.1, 0.15) is 76.8 Å². The Labute approximate surface area is 182 Å². The second-order valence-corrected chi connectivity index (χ2v) is 8.36. The van der Waals surface area contributed by atoms with E-state index in [1.54, 1.807) is 0 Å². The van der Waals surface area contributed by atoms with Crippen molar-refractivity contribution < 1.29 is 47.3 Å². The number of rotatable bonds is 13. The molecule has 0 aliphatic rings. The molecule has 0 aliphatic heterocycles. The van der Waals surface area contributed by atoms with Gasteiger partial charge in [-0.1, -0.05) is 51.7 Å². The Morgan fingerprint density at radius 2 is 1.65 bits per heavy atom. The first kappa shape index (κ1) is 25.9. The Bertz CT molecular complexity index is 602. The van der Waals surface area contributed by atoms with Gasteiger partial charge in [0.05, 0.1) is 16.2 Å². The first-order valence-corrected chi connectivity index (χ1v) is 11.2. The van der Waals surface area contributed by atoms with Crippen LogP contribution in [0.5, 0.6) is 5.75 Å².